The highest BCUT2D eigenvalue weighted by molar-refractivity contribution is 7.92. The van der Waals surface area contributed by atoms with Gasteiger partial charge in [0.15, 0.2) is 14.6 Å². The van der Waals surface area contributed by atoms with Gasteiger partial charge < -0.3 is 16.0 Å². The average molecular weight is 381 g/mol. The van der Waals surface area contributed by atoms with Crippen LogP contribution in [0.4, 0.5) is 5.69 Å². The summed E-state index contributed by atoms with van der Waals surface area (Å²) in [5, 5.41) is 8.64. The van der Waals surface area contributed by atoms with Gasteiger partial charge in [0, 0.05) is 23.0 Å². The Kier molecular flexibility index (Phi) is 5.77. The lowest BCUT2D eigenvalue weighted by molar-refractivity contribution is -0.119. The van der Waals surface area contributed by atoms with Crippen molar-refractivity contribution in [3.8, 4) is 0 Å². The van der Waals surface area contributed by atoms with Gasteiger partial charge in [0.1, 0.15) is 0 Å². The van der Waals surface area contributed by atoms with Crippen LogP contribution in [0.15, 0.2) is 24.3 Å². The molecule has 2 amide bonds. The summed E-state index contributed by atoms with van der Waals surface area (Å²) in [6.07, 6.45) is 1.59. The van der Waals surface area contributed by atoms with Crippen LogP contribution in [0.3, 0.4) is 0 Å². The van der Waals surface area contributed by atoms with Gasteiger partial charge in [-0.05, 0) is 71.0 Å². The van der Waals surface area contributed by atoms with Crippen molar-refractivity contribution in [3.63, 3.8) is 0 Å². The summed E-state index contributed by atoms with van der Waals surface area (Å²) in [4.78, 5) is 24.9. The summed E-state index contributed by atoms with van der Waals surface area (Å²) >= 11 is 0. The summed E-state index contributed by atoms with van der Waals surface area (Å²) in [7, 11) is -3.56. The fraction of sp³-hybridized carbons (Fsp3) is 0.556. The number of piperidine rings is 1. The Morgan fingerprint density at radius 2 is 1.62 bits per heavy atom. The number of rotatable bonds is 4. The molecule has 0 radical (unpaired) electrons. The zero-order valence-corrected chi connectivity index (χ0v) is 16.5. The standard InChI is InChI=1S/C18H27N3O4S/c1-17(2,3)21-15(22)13-5-7-14(8-6-13)20-16(23)18(26(4,24)25)9-11-19-12-10-18/h5-8,19H,9-12H2,1-4H3,(H,20,23)(H,21,22). The van der Waals surface area contributed by atoms with Gasteiger partial charge in [-0.1, -0.05) is 0 Å². The molecular weight excluding hydrogens is 354 g/mol. The van der Waals surface area contributed by atoms with E-state index in [9.17, 15) is 18.0 Å². The highest BCUT2D eigenvalue weighted by Crippen LogP contribution is 2.29. The van der Waals surface area contributed by atoms with Gasteiger partial charge in [0.2, 0.25) is 5.91 Å². The Bertz CT molecular complexity index is 774. The minimum absolute atomic E-state index is 0.207. The molecule has 2 rings (SSSR count). The maximum absolute atomic E-state index is 12.7. The zero-order chi connectivity index (χ0) is 19.6. The van der Waals surface area contributed by atoms with E-state index in [2.05, 4.69) is 16.0 Å². The highest BCUT2D eigenvalue weighted by Gasteiger charge is 2.48. The van der Waals surface area contributed by atoms with Crippen molar-refractivity contribution >= 4 is 27.3 Å². The molecule has 0 unspecified atom stereocenters. The number of carbonyl (C=O) groups is 2. The van der Waals surface area contributed by atoms with Crippen molar-refractivity contribution in [1.29, 1.82) is 0 Å². The molecule has 1 saturated heterocycles. The maximum Gasteiger partial charge on any atom is 0.251 e. The number of anilines is 1. The predicted molar refractivity (Wildman–Crippen MR) is 102 cm³/mol. The van der Waals surface area contributed by atoms with Crippen LogP contribution in [0.2, 0.25) is 0 Å². The molecule has 1 aliphatic heterocycles. The number of amides is 2. The SMILES string of the molecule is CC(C)(C)NC(=O)c1ccc(NC(=O)C2(S(C)(=O)=O)CCNCC2)cc1. The minimum atomic E-state index is -3.56. The van der Waals surface area contributed by atoms with Gasteiger partial charge in [-0.25, -0.2) is 8.42 Å². The lowest BCUT2D eigenvalue weighted by Crippen LogP contribution is -2.55. The van der Waals surface area contributed by atoms with E-state index in [1.807, 2.05) is 20.8 Å². The van der Waals surface area contributed by atoms with Gasteiger partial charge in [-0.15, -0.1) is 0 Å². The van der Waals surface area contributed by atoms with Gasteiger partial charge >= 0.3 is 0 Å². The third kappa shape index (κ3) is 4.62. The van der Waals surface area contributed by atoms with Crippen LogP contribution in [0, 0.1) is 0 Å². The Labute approximate surface area is 154 Å². The van der Waals surface area contributed by atoms with E-state index >= 15 is 0 Å². The van der Waals surface area contributed by atoms with Crippen LogP contribution in [0.1, 0.15) is 44.0 Å². The number of nitrogens with one attached hydrogen (secondary N) is 3. The molecule has 0 aliphatic carbocycles. The second kappa shape index (κ2) is 7.36. The summed E-state index contributed by atoms with van der Waals surface area (Å²) in [5.74, 6) is -0.727. The van der Waals surface area contributed by atoms with E-state index in [1.165, 1.54) is 0 Å². The van der Waals surface area contributed by atoms with Gasteiger partial charge in [0.05, 0.1) is 0 Å². The molecule has 1 fully saturated rings. The lowest BCUT2D eigenvalue weighted by Gasteiger charge is -2.34. The molecule has 144 valence electrons. The predicted octanol–water partition coefficient (Wildman–Crippen LogP) is 1.32. The Balaban J connectivity index is 2.15. The number of sulfone groups is 1. The number of hydrogen-bond acceptors (Lipinski definition) is 5. The van der Waals surface area contributed by atoms with Crippen molar-refractivity contribution in [3.05, 3.63) is 29.8 Å². The van der Waals surface area contributed by atoms with Gasteiger partial charge in [-0.3, -0.25) is 9.59 Å². The van der Waals surface area contributed by atoms with E-state index < -0.39 is 20.5 Å². The van der Waals surface area contributed by atoms with E-state index in [1.54, 1.807) is 24.3 Å². The molecule has 1 aliphatic rings. The molecule has 1 aromatic rings. The molecule has 0 aromatic heterocycles. The summed E-state index contributed by atoms with van der Waals surface area (Å²) in [6.45, 7) is 6.63. The van der Waals surface area contributed by atoms with Crippen molar-refractivity contribution in [2.45, 2.75) is 43.9 Å². The van der Waals surface area contributed by atoms with Crippen LogP contribution in [0.5, 0.6) is 0 Å². The first-order valence-corrected chi connectivity index (χ1v) is 10.5. The van der Waals surface area contributed by atoms with Crippen LogP contribution in [-0.2, 0) is 14.6 Å². The quantitative estimate of drug-likeness (QED) is 0.730. The molecule has 1 heterocycles. The Morgan fingerprint density at radius 1 is 1.08 bits per heavy atom. The molecule has 1 aromatic carbocycles. The minimum Gasteiger partial charge on any atom is -0.347 e. The normalized spacial score (nSPS) is 17.4. The molecular formula is C18H27N3O4S. The van der Waals surface area contributed by atoms with Gasteiger partial charge in [0.25, 0.3) is 5.91 Å². The zero-order valence-electron chi connectivity index (χ0n) is 15.7. The molecule has 0 spiro atoms. The second-order valence-corrected chi connectivity index (χ2v) is 10.1. The molecule has 0 saturated carbocycles. The van der Waals surface area contributed by atoms with E-state index in [0.29, 0.717) is 24.3 Å². The third-order valence-corrected chi connectivity index (χ3v) is 6.44. The fourth-order valence-corrected chi connectivity index (χ4v) is 4.29. The highest BCUT2D eigenvalue weighted by atomic mass is 32.2. The number of benzene rings is 1. The average Bonchev–Trinajstić information content (AvgIpc) is 2.53. The monoisotopic (exact) mass is 381 g/mol. The largest absolute Gasteiger partial charge is 0.347 e. The topological polar surface area (TPSA) is 104 Å². The van der Waals surface area contributed by atoms with Crippen molar-refractivity contribution in [1.82, 2.24) is 10.6 Å². The van der Waals surface area contributed by atoms with E-state index in [-0.39, 0.29) is 24.3 Å². The van der Waals surface area contributed by atoms with Crippen LogP contribution in [0.25, 0.3) is 0 Å². The third-order valence-electron chi connectivity index (χ3n) is 4.43. The van der Waals surface area contributed by atoms with Crippen molar-refractivity contribution in [2.24, 2.45) is 0 Å². The number of carbonyl (C=O) groups excluding carboxylic acids is 2. The fourth-order valence-electron chi connectivity index (χ4n) is 2.96. The molecule has 3 N–H and O–H groups in total. The molecule has 0 bridgehead atoms. The lowest BCUT2D eigenvalue weighted by atomic mass is 9.95. The molecule has 0 atom stereocenters. The molecule has 8 heteroatoms. The first kappa shape index (κ1) is 20.4. The van der Waals surface area contributed by atoms with Crippen LogP contribution in [-0.4, -0.2) is 49.9 Å². The summed E-state index contributed by atoms with van der Waals surface area (Å²) in [5.41, 5.74) is 0.586. The van der Waals surface area contributed by atoms with E-state index in [4.69, 9.17) is 0 Å². The van der Waals surface area contributed by atoms with Crippen LogP contribution >= 0.6 is 0 Å². The Hall–Kier alpha value is -1.93. The van der Waals surface area contributed by atoms with Gasteiger partial charge in [-0.2, -0.15) is 0 Å². The summed E-state index contributed by atoms with van der Waals surface area (Å²) < 4.78 is 23.1. The number of hydrogen-bond donors (Lipinski definition) is 3. The van der Waals surface area contributed by atoms with Crippen molar-refractivity contribution in [2.75, 3.05) is 24.7 Å². The van der Waals surface area contributed by atoms with Crippen molar-refractivity contribution < 1.29 is 18.0 Å². The van der Waals surface area contributed by atoms with Crippen LogP contribution < -0.4 is 16.0 Å². The molecule has 26 heavy (non-hydrogen) atoms. The smallest absolute Gasteiger partial charge is 0.251 e. The Morgan fingerprint density at radius 3 is 2.08 bits per heavy atom. The first-order chi connectivity index (χ1) is 11.9. The second-order valence-electron chi connectivity index (χ2n) is 7.75. The summed E-state index contributed by atoms with van der Waals surface area (Å²) in [6, 6.07) is 6.41. The first-order valence-electron chi connectivity index (χ1n) is 8.59. The van der Waals surface area contributed by atoms with E-state index in [0.717, 1.165) is 6.26 Å². The maximum atomic E-state index is 12.7. The molecule has 7 nitrogen and oxygen atoms in total.